The summed E-state index contributed by atoms with van der Waals surface area (Å²) in [6.07, 6.45) is 4.46. The Bertz CT molecular complexity index is 504. The van der Waals surface area contributed by atoms with Crippen molar-refractivity contribution in [3.8, 4) is 0 Å². The van der Waals surface area contributed by atoms with Crippen LogP contribution in [0.15, 0.2) is 0 Å². The highest BCUT2D eigenvalue weighted by Gasteiger charge is 2.29. The Kier molecular flexibility index (Phi) is 6.35. The predicted molar refractivity (Wildman–Crippen MR) is 90.4 cm³/mol. The van der Waals surface area contributed by atoms with E-state index in [0.29, 0.717) is 11.7 Å². The van der Waals surface area contributed by atoms with Crippen LogP contribution < -0.4 is 5.32 Å². The first-order valence-corrected chi connectivity index (χ1v) is 9.05. The lowest BCUT2D eigenvalue weighted by atomic mass is 9.96. The highest BCUT2D eigenvalue weighted by atomic mass is 32.1. The third-order valence-electron chi connectivity index (χ3n) is 4.35. The van der Waals surface area contributed by atoms with Crippen LogP contribution in [0.3, 0.4) is 0 Å². The van der Waals surface area contributed by atoms with Crippen LogP contribution in [0.4, 0.5) is 5.13 Å². The van der Waals surface area contributed by atoms with Crippen molar-refractivity contribution in [3.05, 3.63) is 10.6 Å². The smallest absolute Gasteiger partial charge is 0.240 e. The summed E-state index contributed by atoms with van der Waals surface area (Å²) in [5.41, 5.74) is 1.05. The fourth-order valence-corrected chi connectivity index (χ4v) is 3.99. The van der Waals surface area contributed by atoms with Gasteiger partial charge in [-0.3, -0.25) is 9.69 Å². The zero-order valence-corrected chi connectivity index (χ0v) is 14.6. The van der Waals surface area contributed by atoms with Gasteiger partial charge in [0.1, 0.15) is 0 Å². The first kappa shape index (κ1) is 17.4. The monoisotopic (exact) mass is 325 g/mol. The maximum Gasteiger partial charge on any atom is 0.240 e. The van der Waals surface area contributed by atoms with Crippen molar-refractivity contribution in [2.45, 2.75) is 65.0 Å². The van der Waals surface area contributed by atoms with Crippen molar-refractivity contribution in [2.24, 2.45) is 0 Å². The molecule has 2 rings (SSSR count). The van der Waals surface area contributed by atoms with Gasteiger partial charge >= 0.3 is 0 Å². The SMILES string of the molecule is CCc1nc(NC(=O)CN2CCCCC2C(O)CC)sc1C. The second kappa shape index (κ2) is 8.04. The van der Waals surface area contributed by atoms with Gasteiger partial charge < -0.3 is 10.4 Å². The standard InChI is InChI=1S/C16H27N3O2S/c1-4-12-11(3)22-16(17-12)18-15(21)10-19-9-7-6-8-13(19)14(20)5-2/h13-14,20H,4-10H2,1-3H3,(H,17,18,21). The number of anilines is 1. The molecular formula is C16H27N3O2S. The van der Waals surface area contributed by atoms with Crippen LogP contribution in [0.25, 0.3) is 0 Å². The fourth-order valence-electron chi connectivity index (χ4n) is 3.07. The maximum atomic E-state index is 12.3. The van der Waals surface area contributed by atoms with Crippen molar-refractivity contribution >= 4 is 22.4 Å². The van der Waals surface area contributed by atoms with E-state index in [1.54, 1.807) is 0 Å². The van der Waals surface area contributed by atoms with Crippen LogP contribution in [-0.2, 0) is 11.2 Å². The van der Waals surface area contributed by atoms with Crippen LogP contribution in [0.2, 0.25) is 0 Å². The summed E-state index contributed by atoms with van der Waals surface area (Å²) in [4.78, 5) is 20.0. The number of nitrogens with one attached hydrogen (secondary N) is 1. The summed E-state index contributed by atoms with van der Waals surface area (Å²) < 4.78 is 0. The molecule has 0 spiro atoms. The minimum atomic E-state index is -0.345. The molecule has 2 N–H and O–H groups in total. The molecule has 1 amide bonds. The van der Waals surface area contributed by atoms with E-state index in [9.17, 15) is 9.90 Å². The molecule has 6 heteroatoms. The summed E-state index contributed by atoms with van der Waals surface area (Å²) in [7, 11) is 0. The number of nitrogens with zero attached hydrogens (tertiary/aromatic N) is 2. The van der Waals surface area contributed by atoms with Gasteiger partial charge in [0.2, 0.25) is 5.91 Å². The summed E-state index contributed by atoms with van der Waals surface area (Å²) in [6, 6.07) is 0.105. The largest absolute Gasteiger partial charge is 0.392 e. The van der Waals surface area contributed by atoms with Gasteiger partial charge in [-0.15, -0.1) is 11.3 Å². The predicted octanol–water partition coefficient (Wildman–Crippen LogP) is 2.58. The second-order valence-corrected chi connectivity index (χ2v) is 7.14. The zero-order valence-electron chi connectivity index (χ0n) is 13.8. The van der Waals surface area contributed by atoms with E-state index < -0.39 is 0 Å². The van der Waals surface area contributed by atoms with Crippen molar-refractivity contribution in [3.63, 3.8) is 0 Å². The van der Waals surface area contributed by atoms with Gasteiger partial charge in [-0.1, -0.05) is 20.3 Å². The average molecular weight is 325 g/mol. The third-order valence-corrected chi connectivity index (χ3v) is 5.28. The molecule has 1 aliphatic rings. The Morgan fingerprint density at radius 1 is 1.50 bits per heavy atom. The molecule has 124 valence electrons. The average Bonchev–Trinajstić information content (AvgIpc) is 2.86. The molecule has 0 saturated carbocycles. The zero-order chi connectivity index (χ0) is 16.1. The Balaban J connectivity index is 1.94. The highest BCUT2D eigenvalue weighted by molar-refractivity contribution is 7.15. The molecule has 1 saturated heterocycles. The number of aryl methyl sites for hydroxylation is 2. The number of hydrogen-bond acceptors (Lipinski definition) is 5. The number of carbonyl (C=O) groups is 1. The number of carbonyl (C=O) groups excluding carboxylic acids is 1. The molecule has 1 aliphatic heterocycles. The molecule has 0 aromatic carbocycles. The minimum absolute atomic E-state index is 0.0355. The van der Waals surface area contributed by atoms with E-state index >= 15 is 0 Å². The van der Waals surface area contributed by atoms with Gasteiger partial charge in [0.05, 0.1) is 18.3 Å². The lowest BCUT2D eigenvalue weighted by Crippen LogP contribution is -2.49. The molecular weight excluding hydrogens is 298 g/mol. The van der Waals surface area contributed by atoms with Gasteiger partial charge in [-0.05, 0) is 39.2 Å². The van der Waals surface area contributed by atoms with Gasteiger partial charge in [-0.25, -0.2) is 4.98 Å². The number of aliphatic hydroxyl groups is 1. The maximum absolute atomic E-state index is 12.3. The lowest BCUT2D eigenvalue weighted by Gasteiger charge is -2.37. The number of thiazole rings is 1. The second-order valence-electron chi connectivity index (χ2n) is 5.93. The van der Waals surface area contributed by atoms with Crippen LogP contribution in [0.5, 0.6) is 0 Å². The Hall–Kier alpha value is -0.980. The van der Waals surface area contributed by atoms with Crippen molar-refractivity contribution in [1.82, 2.24) is 9.88 Å². The van der Waals surface area contributed by atoms with E-state index in [1.807, 2.05) is 13.8 Å². The van der Waals surface area contributed by atoms with Gasteiger partial charge in [0.15, 0.2) is 5.13 Å². The van der Waals surface area contributed by atoms with E-state index in [1.165, 1.54) is 11.3 Å². The number of aliphatic hydroxyl groups excluding tert-OH is 1. The van der Waals surface area contributed by atoms with Crippen LogP contribution in [0.1, 0.15) is 50.1 Å². The van der Waals surface area contributed by atoms with E-state index in [0.717, 1.165) is 49.2 Å². The fraction of sp³-hybridized carbons (Fsp3) is 0.750. The van der Waals surface area contributed by atoms with Crippen LogP contribution in [-0.4, -0.2) is 46.1 Å². The molecule has 1 aromatic rings. The molecule has 1 fully saturated rings. The molecule has 2 atom stereocenters. The van der Waals surface area contributed by atoms with Crippen molar-refractivity contribution < 1.29 is 9.90 Å². The third kappa shape index (κ3) is 4.27. The van der Waals surface area contributed by atoms with Gasteiger partial charge in [0.25, 0.3) is 0 Å². The Morgan fingerprint density at radius 2 is 2.27 bits per heavy atom. The molecule has 5 nitrogen and oxygen atoms in total. The molecule has 2 heterocycles. The molecule has 0 bridgehead atoms. The first-order chi connectivity index (χ1) is 10.5. The summed E-state index contributed by atoms with van der Waals surface area (Å²) in [6.45, 7) is 7.30. The normalized spacial score (nSPS) is 20.8. The molecule has 0 radical (unpaired) electrons. The summed E-state index contributed by atoms with van der Waals surface area (Å²) >= 11 is 1.53. The first-order valence-electron chi connectivity index (χ1n) is 8.23. The van der Waals surface area contributed by atoms with E-state index in [2.05, 4.69) is 22.1 Å². The van der Waals surface area contributed by atoms with Crippen molar-refractivity contribution in [1.29, 1.82) is 0 Å². The number of likely N-dealkylation sites (tertiary alicyclic amines) is 1. The number of amides is 1. The van der Waals surface area contributed by atoms with E-state index in [4.69, 9.17) is 0 Å². The van der Waals surface area contributed by atoms with Crippen LogP contribution in [0, 0.1) is 6.92 Å². The lowest BCUT2D eigenvalue weighted by molar-refractivity contribution is -0.119. The molecule has 0 aliphatic carbocycles. The topological polar surface area (TPSA) is 65.5 Å². The van der Waals surface area contributed by atoms with Gasteiger partial charge in [0, 0.05) is 10.9 Å². The number of hydrogen-bond donors (Lipinski definition) is 2. The molecule has 1 aromatic heterocycles. The Labute approximate surface area is 136 Å². The molecule has 2 unspecified atom stereocenters. The number of rotatable bonds is 6. The van der Waals surface area contributed by atoms with E-state index in [-0.39, 0.29) is 18.1 Å². The van der Waals surface area contributed by atoms with Crippen LogP contribution >= 0.6 is 11.3 Å². The minimum Gasteiger partial charge on any atom is -0.392 e. The van der Waals surface area contributed by atoms with Crippen molar-refractivity contribution in [2.75, 3.05) is 18.4 Å². The number of piperidine rings is 1. The summed E-state index contributed by atoms with van der Waals surface area (Å²) in [5, 5.41) is 13.7. The Morgan fingerprint density at radius 3 is 2.91 bits per heavy atom. The highest BCUT2D eigenvalue weighted by Crippen LogP contribution is 2.23. The van der Waals surface area contributed by atoms with Gasteiger partial charge in [-0.2, -0.15) is 0 Å². The molecule has 22 heavy (non-hydrogen) atoms. The number of aromatic nitrogens is 1. The quantitative estimate of drug-likeness (QED) is 0.844. The summed E-state index contributed by atoms with van der Waals surface area (Å²) in [5.74, 6) is -0.0355.